The van der Waals surface area contributed by atoms with E-state index in [2.05, 4.69) is 30.6 Å². The van der Waals surface area contributed by atoms with E-state index in [1.54, 1.807) is 0 Å². The van der Waals surface area contributed by atoms with E-state index in [4.69, 9.17) is 5.11 Å². The van der Waals surface area contributed by atoms with Crippen molar-refractivity contribution in [2.24, 2.45) is 0 Å². The predicted octanol–water partition coefficient (Wildman–Crippen LogP) is -0.196. The highest BCUT2D eigenvalue weighted by Gasteiger charge is 1.96. The van der Waals surface area contributed by atoms with Crippen LogP contribution in [0.15, 0.2) is 0 Å². The fourth-order valence-electron chi connectivity index (χ4n) is 0.179. The van der Waals surface area contributed by atoms with Crippen LogP contribution in [0.1, 0.15) is 0 Å². The van der Waals surface area contributed by atoms with Gasteiger partial charge in [0, 0.05) is 0 Å². The zero-order chi connectivity index (χ0) is 6.57. The summed E-state index contributed by atoms with van der Waals surface area (Å²) in [4.78, 5) is 9.77. The Morgan fingerprint density at radius 2 is 2.25 bits per heavy atom. The van der Waals surface area contributed by atoms with Gasteiger partial charge in [-0.15, -0.1) is 25.3 Å². The van der Waals surface area contributed by atoms with E-state index in [0.717, 1.165) is 0 Å². The number of thiol groups is 2. The Morgan fingerprint density at radius 1 is 1.75 bits per heavy atom. The molecule has 0 fully saturated rings. The van der Waals surface area contributed by atoms with Crippen LogP contribution in [0.4, 0.5) is 0 Å². The minimum absolute atomic E-state index is 0.0995. The highest BCUT2D eigenvalue weighted by molar-refractivity contribution is 7.99. The molecule has 2 N–H and O–H groups in total. The molecule has 0 saturated carbocycles. The smallest absolute Gasteiger partial charge is 0.317 e. The van der Waals surface area contributed by atoms with E-state index in [-0.39, 0.29) is 11.3 Å². The Hall–Kier alpha value is 0.130. The molecular weight excluding hydrogens is 146 g/mol. The molecule has 0 atom stereocenters. The maximum absolute atomic E-state index is 9.77. The molecule has 0 aromatic carbocycles. The van der Waals surface area contributed by atoms with E-state index >= 15 is 0 Å². The van der Waals surface area contributed by atoms with Crippen molar-refractivity contribution in [1.29, 1.82) is 0 Å². The Bertz CT molecular complexity index is 85.4. The first-order chi connectivity index (χ1) is 3.63. The van der Waals surface area contributed by atoms with Crippen LogP contribution in [0.5, 0.6) is 0 Å². The summed E-state index contributed by atoms with van der Waals surface area (Å²) in [5.74, 6) is -0.905. The lowest BCUT2D eigenvalue weighted by Crippen LogP contribution is -2.25. The average molecular weight is 153 g/mol. The largest absolute Gasteiger partial charge is 0.480 e. The Labute approximate surface area is 58.3 Å². The third-order valence-corrected chi connectivity index (χ3v) is 0.801. The number of carboxylic acids is 1. The normalized spacial score (nSPS) is 9.88. The lowest BCUT2D eigenvalue weighted by molar-refractivity contribution is -0.135. The quantitative estimate of drug-likeness (QED) is 0.335. The van der Waals surface area contributed by atoms with Crippen molar-refractivity contribution < 1.29 is 9.90 Å². The van der Waals surface area contributed by atoms with Crippen molar-refractivity contribution in [2.45, 2.75) is 4.71 Å². The molecule has 0 aliphatic rings. The summed E-state index contributed by atoms with van der Waals surface area (Å²) < 4.78 is -0.355. The lowest BCUT2D eigenvalue weighted by Gasteiger charge is -2.00. The molecule has 0 heterocycles. The molecule has 0 spiro atoms. The van der Waals surface area contributed by atoms with E-state index < -0.39 is 5.97 Å². The summed E-state index contributed by atoms with van der Waals surface area (Å²) in [6, 6.07) is 0. The number of aliphatic carboxylic acids is 1. The number of carboxylic acid groups (broad SMARTS) is 1. The van der Waals surface area contributed by atoms with Gasteiger partial charge in [0.25, 0.3) is 0 Å². The van der Waals surface area contributed by atoms with E-state index in [1.807, 2.05) is 0 Å². The van der Waals surface area contributed by atoms with Crippen LogP contribution in [-0.2, 0) is 4.79 Å². The predicted molar refractivity (Wildman–Crippen MR) is 37.4 cm³/mol. The monoisotopic (exact) mass is 153 g/mol. The van der Waals surface area contributed by atoms with Gasteiger partial charge in [-0.3, -0.25) is 10.1 Å². The van der Waals surface area contributed by atoms with Crippen LogP contribution in [-0.4, -0.2) is 22.3 Å². The molecule has 48 valence electrons. The highest BCUT2D eigenvalue weighted by Crippen LogP contribution is 1.91. The molecule has 8 heavy (non-hydrogen) atoms. The maximum Gasteiger partial charge on any atom is 0.317 e. The van der Waals surface area contributed by atoms with Crippen LogP contribution >= 0.6 is 25.3 Å². The first kappa shape index (κ1) is 8.13. The van der Waals surface area contributed by atoms with Crippen molar-refractivity contribution in [3.05, 3.63) is 0 Å². The lowest BCUT2D eigenvalue weighted by atomic mass is 10.7. The minimum Gasteiger partial charge on any atom is -0.480 e. The molecule has 0 aliphatic carbocycles. The van der Waals surface area contributed by atoms with Gasteiger partial charge in [-0.05, 0) is 0 Å². The van der Waals surface area contributed by atoms with Crippen LogP contribution in [0.25, 0.3) is 0 Å². The third kappa shape index (κ3) is 6.13. The van der Waals surface area contributed by atoms with Gasteiger partial charge < -0.3 is 5.11 Å². The number of nitrogens with one attached hydrogen (secondary N) is 1. The molecular formula is C3H7NO2S2. The summed E-state index contributed by atoms with van der Waals surface area (Å²) in [5, 5.41) is 10.5. The standard InChI is InChI=1S/C3H7NO2S2/c5-2(6)1-4-3(7)8/h3-4,7-8H,1H2,(H,5,6). The molecule has 0 bridgehead atoms. The van der Waals surface area contributed by atoms with Gasteiger partial charge >= 0.3 is 5.97 Å². The Balaban J connectivity index is 3.05. The topological polar surface area (TPSA) is 49.3 Å². The van der Waals surface area contributed by atoms with Crippen LogP contribution in [0.3, 0.4) is 0 Å². The summed E-state index contributed by atoms with van der Waals surface area (Å²) in [6.45, 7) is -0.0995. The van der Waals surface area contributed by atoms with Gasteiger partial charge in [-0.1, -0.05) is 0 Å². The zero-order valence-corrected chi connectivity index (χ0v) is 5.82. The van der Waals surface area contributed by atoms with E-state index in [1.165, 1.54) is 0 Å². The Morgan fingerprint density at radius 3 is 2.38 bits per heavy atom. The second kappa shape index (κ2) is 4.05. The summed E-state index contributed by atoms with van der Waals surface area (Å²) in [6.07, 6.45) is 0. The van der Waals surface area contributed by atoms with Crippen LogP contribution < -0.4 is 5.32 Å². The van der Waals surface area contributed by atoms with E-state index in [0.29, 0.717) is 0 Å². The fourth-order valence-corrected chi connectivity index (χ4v) is 0.361. The first-order valence-electron chi connectivity index (χ1n) is 1.94. The second-order valence-electron chi connectivity index (χ2n) is 1.15. The van der Waals surface area contributed by atoms with Crippen molar-refractivity contribution in [3.8, 4) is 0 Å². The molecule has 0 saturated heterocycles. The van der Waals surface area contributed by atoms with Crippen molar-refractivity contribution >= 4 is 31.2 Å². The number of hydrogen-bond acceptors (Lipinski definition) is 4. The molecule has 3 nitrogen and oxygen atoms in total. The number of hydrogen-bond donors (Lipinski definition) is 4. The number of carbonyl (C=O) groups is 1. The summed E-state index contributed by atoms with van der Waals surface area (Å²) in [5.41, 5.74) is 0. The fraction of sp³-hybridized carbons (Fsp3) is 0.667. The van der Waals surface area contributed by atoms with Crippen molar-refractivity contribution in [2.75, 3.05) is 6.54 Å². The highest BCUT2D eigenvalue weighted by atomic mass is 32.2. The zero-order valence-electron chi connectivity index (χ0n) is 4.03. The van der Waals surface area contributed by atoms with Crippen LogP contribution in [0.2, 0.25) is 0 Å². The summed E-state index contributed by atoms with van der Waals surface area (Å²) >= 11 is 7.52. The molecule has 5 heteroatoms. The van der Waals surface area contributed by atoms with Gasteiger partial charge in [0.15, 0.2) is 0 Å². The van der Waals surface area contributed by atoms with Gasteiger partial charge in [-0.2, -0.15) is 0 Å². The maximum atomic E-state index is 9.77. The summed E-state index contributed by atoms with van der Waals surface area (Å²) in [7, 11) is 0. The average Bonchev–Trinajstić information content (AvgIpc) is 1.61. The molecule has 0 rings (SSSR count). The SMILES string of the molecule is O=C(O)CNC(S)S. The molecule has 0 aromatic rings. The molecule has 0 aromatic heterocycles. The molecule has 0 aliphatic heterocycles. The van der Waals surface area contributed by atoms with Gasteiger partial charge in [0.2, 0.25) is 0 Å². The third-order valence-electron chi connectivity index (χ3n) is 0.436. The van der Waals surface area contributed by atoms with Gasteiger partial charge in [-0.25, -0.2) is 0 Å². The molecule has 0 unspecified atom stereocenters. The molecule has 0 radical (unpaired) electrons. The van der Waals surface area contributed by atoms with E-state index in [9.17, 15) is 4.79 Å². The number of rotatable bonds is 3. The molecule has 0 amide bonds. The van der Waals surface area contributed by atoms with Crippen molar-refractivity contribution in [3.63, 3.8) is 0 Å². The second-order valence-corrected chi connectivity index (χ2v) is 2.59. The minimum atomic E-state index is -0.905. The van der Waals surface area contributed by atoms with Gasteiger partial charge in [0.1, 0.15) is 0 Å². The van der Waals surface area contributed by atoms with Crippen molar-refractivity contribution in [1.82, 2.24) is 5.32 Å². The van der Waals surface area contributed by atoms with Gasteiger partial charge in [0.05, 0.1) is 11.3 Å². The Kier molecular flexibility index (Phi) is 4.12. The first-order valence-corrected chi connectivity index (χ1v) is 2.97. The van der Waals surface area contributed by atoms with Crippen LogP contribution in [0, 0.1) is 0 Å².